The molecule has 1 N–H and O–H groups in total. The topological polar surface area (TPSA) is 117 Å². The van der Waals surface area contributed by atoms with Crippen molar-refractivity contribution in [1.82, 2.24) is 19.1 Å². The Morgan fingerprint density at radius 2 is 1.88 bits per heavy atom. The largest absolute Gasteiger partial charge is 0.493 e. The average Bonchev–Trinajstić information content (AvgIpc) is 3.19. The van der Waals surface area contributed by atoms with E-state index in [2.05, 4.69) is 9.97 Å². The van der Waals surface area contributed by atoms with Gasteiger partial charge in [0.25, 0.3) is 5.56 Å². The number of hydrogen-bond acceptors (Lipinski definition) is 7. The summed E-state index contributed by atoms with van der Waals surface area (Å²) in [6.07, 6.45) is 4.55. The first-order valence-electron chi connectivity index (χ1n) is 10.7. The molecule has 0 radical (unpaired) electrons. The van der Waals surface area contributed by atoms with E-state index in [-0.39, 0.29) is 6.61 Å². The van der Waals surface area contributed by atoms with Crippen molar-refractivity contribution in [3.05, 3.63) is 56.5 Å². The molecule has 33 heavy (non-hydrogen) atoms. The zero-order valence-corrected chi connectivity index (χ0v) is 19.2. The molecule has 0 bridgehead atoms. The smallest absolute Gasteiger partial charge is 0.331 e. The van der Waals surface area contributed by atoms with Crippen molar-refractivity contribution in [3.8, 4) is 11.5 Å². The molecule has 0 aliphatic rings. The predicted octanol–water partition coefficient (Wildman–Crippen LogP) is 2.48. The maximum atomic E-state index is 12.4. The van der Waals surface area contributed by atoms with Gasteiger partial charge in [-0.25, -0.2) is 14.6 Å². The number of nitrogens with one attached hydrogen (secondary N) is 1. The highest BCUT2D eigenvalue weighted by atomic mass is 16.5. The van der Waals surface area contributed by atoms with Crippen molar-refractivity contribution in [2.24, 2.45) is 0 Å². The lowest BCUT2D eigenvalue weighted by atomic mass is 10.2. The normalized spacial score (nSPS) is 11.3. The van der Waals surface area contributed by atoms with Gasteiger partial charge in [-0.1, -0.05) is 19.4 Å². The van der Waals surface area contributed by atoms with Gasteiger partial charge >= 0.3 is 11.7 Å². The van der Waals surface area contributed by atoms with E-state index in [1.807, 2.05) is 13.8 Å². The molecule has 176 valence electrons. The summed E-state index contributed by atoms with van der Waals surface area (Å²) < 4.78 is 18.9. The molecular formula is C23H28N4O6. The van der Waals surface area contributed by atoms with Crippen LogP contribution in [0.3, 0.4) is 0 Å². The first-order valence-corrected chi connectivity index (χ1v) is 10.7. The molecule has 0 aliphatic heterocycles. The Hall–Kier alpha value is -3.82. The minimum atomic E-state index is -0.572. The van der Waals surface area contributed by atoms with Crippen LogP contribution in [0.15, 0.2) is 33.9 Å². The number of aromatic amines is 1. The van der Waals surface area contributed by atoms with Gasteiger partial charge in [-0.05, 0) is 37.1 Å². The molecule has 0 fully saturated rings. The van der Waals surface area contributed by atoms with Crippen LogP contribution in [0.5, 0.6) is 11.5 Å². The zero-order chi connectivity index (χ0) is 24.0. The molecule has 0 spiro atoms. The Kier molecular flexibility index (Phi) is 7.70. The minimum absolute atomic E-state index is 0.140. The summed E-state index contributed by atoms with van der Waals surface area (Å²) in [4.78, 5) is 43.8. The first-order chi connectivity index (χ1) is 15.9. The highest BCUT2D eigenvalue weighted by molar-refractivity contribution is 5.87. The van der Waals surface area contributed by atoms with Crippen molar-refractivity contribution in [2.75, 3.05) is 14.2 Å². The van der Waals surface area contributed by atoms with Crippen LogP contribution in [0.4, 0.5) is 0 Å². The number of nitrogens with zero attached hydrogens (tertiary/aromatic N) is 3. The Morgan fingerprint density at radius 1 is 1.12 bits per heavy atom. The third kappa shape index (κ3) is 5.16. The molecule has 0 saturated heterocycles. The molecule has 3 rings (SSSR count). The Labute approximate surface area is 190 Å². The average molecular weight is 456 g/mol. The molecule has 0 amide bonds. The van der Waals surface area contributed by atoms with Crippen LogP contribution in [0, 0.1) is 0 Å². The highest BCUT2D eigenvalue weighted by Crippen LogP contribution is 2.28. The molecule has 0 atom stereocenters. The van der Waals surface area contributed by atoms with Gasteiger partial charge in [0.15, 0.2) is 22.7 Å². The van der Waals surface area contributed by atoms with Gasteiger partial charge in [-0.2, -0.15) is 0 Å². The Balaban J connectivity index is 1.81. The Bertz CT molecular complexity index is 1280. The Morgan fingerprint density at radius 3 is 2.55 bits per heavy atom. The van der Waals surface area contributed by atoms with Gasteiger partial charge < -0.3 is 18.8 Å². The number of esters is 1. The van der Waals surface area contributed by atoms with Gasteiger partial charge in [0.2, 0.25) is 0 Å². The number of H-pyrrole nitrogens is 1. The van der Waals surface area contributed by atoms with Crippen molar-refractivity contribution in [2.45, 2.75) is 46.4 Å². The zero-order valence-electron chi connectivity index (χ0n) is 19.2. The van der Waals surface area contributed by atoms with E-state index in [9.17, 15) is 14.4 Å². The number of aromatic nitrogens is 4. The number of carbonyl (C=O) groups excluding carboxylic acids is 1. The summed E-state index contributed by atoms with van der Waals surface area (Å²) in [6.45, 7) is 4.60. The van der Waals surface area contributed by atoms with E-state index in [0.29, 0.717) is 41.6 Å². The number of ether oxygens (including phenoxy) is 3. The number of carbonyl (C=O) groups is 1. The van der Waals surface area contributed by atoms with Gasteiger partial charge in [0.1, 0.15) is 12.4 Å². The third-order valence-corrected chi connectivity index (χ3v) is 5.18. The van der Waals surface area contributed by atoms with Crippen molar-refractivity contribution >= 4 is 23.2 Å². The van der Waals surface area contributed by atoms with Crippen LogP contribution in [-0.4, -0.2) is 39.3 Å². The molecule has 0 unspecified atom stereocenters. The maximum Gasteiger partial charge on any atom is 0.331 e. The fourth-order valence-electron chi connectivity index (χ4n) is 3.50. The van der Waals surface area contributed by atoms with Crippen molar-refractivity contribution < 1.29 is 19.0 Å². The number of fused-ring (bicyclic) bond motifs is 1. The van der Waals surface area contributed by atoms with Crippen molar-refractivity contribution in [1.29, 1.82) is 0 Å². The monoisotopic (exact) mass is 456 g/mol. The summed E-state index contributed by atoms with van der Waals surface area (Å²) in [7, 11) is 3.08. The summed E-state index contributed by atoms with van der Waals surface area (Å²) >= 11 is 0. The highest BCUT2D eigenvalue weighted by Gasteiger charge is 2.18. The third-order valence-electron chi connectivity index (χ3n) is 5.18. The van der Waals surface area contributed by atoms with E-state index in [1.54, 1.807) is 36.0 Å². The van der Waals surface area contributed by atoms with Crippen LogP contribution in [0.1, 0.15) is 38.1 Å². The van der Waals surface area contributed by atoms with E-state index < -0.39 is 17.2 Å². The molecule has 0 aliphatic carbocycles. The molecule has 10 heteroatoms. The SMILES string of the molecule is CCCCn1c(=O)[nH]c(=O)c2c1nc(COC(=O)/C=C/c1ccc(OC)c(OC)c1)n2CC. The number of aryl methyl sites for hydroxylation is 2. The lowest BCUT2D eigenvalue weighted by Crippen LogP contribution is -2.31. The molecule has 10 nitrogen and oxygen atoms in total. The van der Waals surface area contributed by atoms with Crippen LogP contribution in [0.25, 0.3) is 17.2 Å². The molecule has 0 saturated carbocycles. The number of rotatable bonds is 10. The fourth-order valence-corrected chi connectivity index (χ4v) is 3.50. The van der Waals surface area contributed by atoms with Crippen molar-refractivity contribution in [3.63, 3.8) is 0 Å². The second kappa shape index (κ2) is 10.7. The lowest BCUT2D eigenvalue weighted by molar-refractivity contribution is -0.139. The lowest BCUT2D eigenvalue weighted by Gasteiger charge is -2.07. The van der Waals surface area contributed by atoms with Gasteiger partial charge in [0, 0.05) is 19.2 Å². The van der Waals surface area contributed by atoms with Gasteiger partial charge in [-0.3, -0.25) is 14.3 Å². The number of methoxy groups -OCH3 is 2. The summed E-state index contributed by atoms with van der Waals surface area (Å²) in [6, 6.07) is 5.26. The first kappa shape index (κ1) is 23.8. The molecule has 2 heterocycles. The number of imidazole rings is 1. The van der Waals surface area contributed by atoms with Crippen LogP contribution < -0.4 is 20.7 Å². The van der Waals surface area contributed by atoms with Crippen LogP contribution in [0.2, 0.25) is 0 Å². The minimum Gasteiger partial charge on any atom is -0.493 e. The van der Waals surface area contributed by atoms with E-state index >= 15 is 0 Å². The van der Waals surface area contributed by atoms with Crippen LogP contribution >= 0.6 is 0 Å². The fraction of sp³-hybridized carbons (Fsp3) is 0.391. The second-order valence-corrected chi connectivity index (χ2v) is 7.26. The summed E-state index contributed by atoms with van der Waals surface area (Å²) in [5.41, 5.74) is 0.314. The van der Waals surface area contributed by atoms with E-state index in [4.69, 9.17) is 14.2 Å². The molecular weight excluding hydrogens is 428 g/mol. The number of benzene rings is 1. The summed E-state index contributed by atoms with van der Waals surface area (Å²) in [5.74, 6) is 0.950. The molecule has 2 aromatic heterocycles. The summed E-state index contributed by atoms with van der Waals surface area (Å²) in [5, 5.41) is 0. The standard InChI is InChI=1S/C23H28N4O6/c1-5-7-12-27-21-20(22(29)25-23(27)30)26(6-2)18(24-21)14-33-19(28)11-9-15-8-10-16(31-3)17(13-15)32-4/h8-11,13H,5-7,12,14H2,1-4H3,(H,25,29,30)/b11-9+. The maximum absolute atomic E-state index is 12.4. The molecule has 3 aromatic rings. The quantitative estimate of drug-likeness (QED) is 0.368. The number of hydrogen-bond donors (Lipinski definition) is 1. The van der Waals surface area contributed by atoms with E-state index in [0.717, 1.165) is 18.4 Å². The molecule has 1 aromatic carbocycles. The van der Waals surface area contributed by atoms with Gasteiger partial charge in [0.05, 0.1) is 14.2 Å². The van der Waals surface area contributed by atoms with Crippen LogP contribution in [-0.2, 0) is 29.2 Å². The predicted molar refractivity (Wildman–Crippen MR) is 124 cm³/mol. The second-order valence-electron chi connectivity index (χ2n) is 7.26. The van der Waals surface area contributed by atoms with Gasteiger partial charge in [-0.15, -0.1) is 0 Å². The number of unbranched alkanes of at least 4 members (excludes halogenated alkanes) is 1. The van der Waals surface area contributed by atoms with E-state index in [1.165, 1.54) is 17.8 Å².